The predicted octanol–water partition coefficient (Wildman–Crippen LogP) is 5.61. The quantitative estimate of drug-likeness (QED) is 0.461. The van der Waals surface area contributed by atoms with E-state index in [1.165, 1.54) is 16.8 Å². The van der Waals surface area contributed by atoms with Gasteiger partial charge in [-0.25, -0.2) is 4.79 Å². The molecule has 1 aliphatic heterocycles. The number of anilines is 1. The Kier molecular flexibility index (Phi) is 9.01. The van der Waals surface area contributed by atoms with Crippen LogP contribution in [-0.4, -0.2) is 63.1 Å². The van der Waals surface area contributed by atoms with Crippen LogP contribution in [-0.2, 0) is 9.47 Å². The van der Waals surface area contributed by atoms with Crippen molar-refractivity contribution in [1.82, 2.24) is 4.90 Å². The van der Waals surface area contributed by atoms with E-state index >= 15 is 0 Å². The van der Waals surface area contributed by atoms with Gasteiger partial charge >= 0.3 is 6.09 Å². The number of amides is 1. The third-order valence-electron chi connectivity index (χ3n) is 5.61. The lowest BCUT2D eigenvalue weighted by atomic mass is 10.0. The minimum atomic E-state index is -0.460. The number of piperazine rings is 1. The van der Waals surface area contributed by atoms with Crippen LogP contribution in [0, 0.1) is 0 Å². The highest BCUT2D eigenvalue weighted by Crippen LogP contribution is 2.26. The van der Waals surface area contributed by atoms with Crippen LogP contribution >= 0.6 is 0 Å². The summed E-state index contributed by atoms with van der Waals surface area (Å²) in [7, 11) is 1.74. The molecular weight excluding hydrogens is 416 g/mol. The van der Waals surface area contributed by atoms with Gasteiger partial charge in [0.1, 0.15) is 11.4 Å². The fraction of sp³-hybridized carbons (Fsp3) is 0.519. The molecule has 0 unspecified atom stereocenters. The highest BCUT2D eigenvalue weighted by molar-refractivity contribution is 5.69. The normalized spacial score (nSPS) is 14.3. The van der Waals surface area contributed by atoms with Crippen molar-refractivity contribution in [1.29, 1.82) is 0 Å². The molecule has 2 aromatic rings. The fourth-order valence-corrected chi connectivity index (χ4v) is 3.80. The second kappa shape index (κ2) is 11.9. The summed E-state index contributed by atoms with van der Waals surface area (Å²) in [5.41, 5.74) is 3.07. The molecule has 1 fully saturated rings. The SMILES string of the molecule is COCCCCCOc1ccc(-c2ccc(N3CCN(C(=O)OC(C)(C)C)CC3)cc2)cc1. The van der Waals surface area contributed by atoms with Gasteiger partial charge in [0.25, 0.3) is 0 Å². The maximum Gasteiger partial charge on any atom is 0.410 e. The molecular formula is C27H38N2O4. The molecule has 1 amide bonds. The van der Waals surface area contributed by atoms with Crippen LogP contribution in [0.3, 0.4) is 0 Å². The lowest BCUT2D eigenvalue weighted by molar-refractivity contribution is 0.0240. The molecule has 33 heavy (non-hydrogen) atoms. The van der Waals surface area contributed by atoms with Crippen LogP contribution in [0.1, 0.15) is 40.0 Å². The number of nitrogens with zero attached hydrogens (tertiary/aromatic N) is 2. The van der Waals surface area contributed by atoms with Crippen molar-refractivity contribution >= 4 is 11.8 Å². The van der Waals surface area contributed by atoms with E-state index in [1.807, 2.05) is 32.9 Å². The summed E-state index contributed by atoms with van der Waals surface area (Å²) in [5, 5.41) is 0. The van der Waals surface area contributed by atoms with E-state index in [2.05, 4.69) is 41.3 Å². The van der Waals surface area contributed by atoms with Gasteiger partial charge in [-0.15, -0.1) is 0 Å². The van der Waals surface area contributed by atoms with Crippen LogP contribution in [0.25, 0.3) is 11.1 Å². The Labute approximate surface area is 198 Å². The lowest BCUT2D eigenvalue weighted by Gasteiger charge is -2.36. The first-order valence-corrected chi connectivity index (χ1v) is 11.9. The molecule has 1 aliphatic rings. The number of methoxy groups -OCH3 is 1. The smallest absolute Gasteiger partial charge is 0.410 e. The van der Waals surface area contributed by atoms with Crippen molar-refractivity contribution in [2.24, 2.45) is 0 Å². The van der Waals surface area contributed by atoms with Gasteiger partial charge in [-0.2, -0.15) is 0 Å². The second-order valence-corrected chi connectivity index (χ2v) is 9.43. The molecule has 6 nitrogen and oxygen atoms in total. The summed E-state index contributed by atoms with van der Waals surface area (Å²) in [6, 6.07) is 16.9. The van der Waals surface area contributed by atoms with E-state index < -0.39 is 5.60 Å². The highest BCUT2D eigenvalue weighted by Gasteiger charge is 2.25. The zero-order valence-corrected chi connectivity index (χ0v) is 20.5. The van der Waals surface area contributed by atoms with Crippen molar-refractivity contribution < 1.29 is 19.0 Å². The zero-order valence-electron chi connectivity index (χ0n) is 20.5. The van der Waals surface area contributed by atoms with E-state index in [0.717, 1.165) is 51.3 Å². The van der Waals surface area contributed by atoms with E-state index in [4.69, 9.17) is 14.2 Å². The number of hydrogen-bond donors (Lipinski definition) is 0. The minimum absolute atomic E-state index is 0.226. The summed E-state index contributed by atoms with van der Waals surface area (Å²) >= 11 is 0. The van der Waals surface area contributed by atoms with E-state index in [1.54, 1.807) is 12.0 Å². The van der Waals surface area contributed by atoms with Crippen molar-refractivity contribution in [3.05, 3.63) is 48.5 Å². The molecule has 0 atom stereocenters. The molecule has 3 rings (SSSR count). The molecule has 180 valence electrons. The van der Waals surface area contributed by atoms with Crippen molar-refractivity contribution in [3.63, 3.8) is 0 Å². The molecule has 0 aliphatic carbocycles. The second-order valence-electron chi connectivity index (χ2n) is 9.43. The van der Waals surface area contributed by atoms with E-state index in [0.29, 0.717) is 13.1 Å². The Bertz CT molecular complexity index is 851. The van der Waals surface area contributed by atoms with Gasteiger partial charge in [0.15, 0.2) is 0 Å². The molecule has 0 radical (unpaired) electrons. The maximum atomic E-state index is 12.3. The topological polar surface area (TPSA) is 51.2 Å². The highest BCUT2D eigenvalue weighted by atomic mass is 16.6. The van der Waals surface area contributed by atoms with Crippen LogP contribution in [0.2, 0.25) is 0 Å². The average Bonchev–Trinajstić information content (AvgIpc) is 2.81. The predicted molar refractivity (Wildman–Crippen MR) is 133 cm³/mol. The van der Waals surface area contributed by atoms with Gasteiger partial charge in [0.05, 0.1) is 6.61 Å². The van der Waals surface area contributed by atoms with Gasteiger partial charge in [0.2, 0.25) is 0 Å². The zero-order chi connectivity index (χ0) is 23.7. The van der Waals surface area contributed by atoms with Gasteiger partial charge in [-0.3, -0.25) is 0 Å². The number of rotatable bonds is 9. The molecule has 0 aromatic heterocycles. The Hall–Kier alpha value is -2.73. The largest absolute Gasteiger partial charge is 0.494 e. The Morgan fingerprint density at radius 1 is 0.818 bits per heavy atom. The van der Waals surface area contributed by atoms with Gasteiger partial charge in [-0.05, 0) is 75.4 Å². The number of benzene rings is 2. The van der Waals surface area contributed by atoms with Crippen LogP contribution in [0.4, 0.5) is 10.5 Å². The minimum Gasteiger partial charge on any atom is -0.494 e. The molecule has 0 saturated carbocycles. The summed E-state index contributed by atoms with van der Waals surface area (Å²) in [4.78, 5) is 16.4. The fourth-order valence-electron chi connectivity index (χ4n) is 3.80. The number of carbonyl (C=O) groups is 1. The van der Waals surface area contributed by atoms with Crippen molar-refractivity contribution in [2.45, 2.75) is 45.6 Å². The number of hydrogen-bond acceptors (Lipinski definition) is 5. The third kappa shape index (κ3) is 7.97. The lowest BCUT2D eigenvalue weighted by Crippen LogP contribution is -2.50. The van der Waals surface area contributed by atoms with Crippen LogP contribution in [0.5, 0.6) is 5.75 Å². The first-order valence-electron chi connectivity index (χ1n) is 11.9. The van der Waals surface area contributed by atoms with E-state index in [9.17, 15) is 4.79 Å². The van der Waals surface area contributed by atoms with Crippen LogP contribution < -0.4 is 9.64 Å². The summed E-state index contributed by atoms with van der Waals surface area (Å²) in [6.45, 7) is 10.2. The van der Waals surface area contributed by atoms with Crippen molar-refractivity contribution in [3.8, 4) is 16.9 Å². The number of unbranched alkanes of at least 4 members (excludes halogenated alkanes) is 2. The maximum absolute atomic E-state index is 12.3. The van der Waals surface area contributed by atoms with Gasteiger partial charge < -0.3 is 24.0 Å². The molecule has 1 heterocycles. The number of carbonyl (C=O) groups excluding carboxylic acids is 1. The molecule has 0 bridgehead atoms. The third-order valence-corrected chi connectivity index (χ3v) is 5.61. The Morgan fingerprint density at radius 3 is 1.97 bits per heavy atom. The summed E-state index contributed by atoms with van der Waals surface area (Å²) in [5.74, 6) is 0.907. The molecule has 0 spiro atoms. The molecule has 0 N–H and O–H groups in total. The van der Waals surface area contributed by atoms with E-state index in [-0.39, 0.29) is 6.09 Å². The summed E-state index contributed by atoms with van der Waals surface area (Å²) in [6.07, 6.45) is 3.01. The Balaban J connectivity index is 1.47. The first kappa shape index (κ1) is 24.9. The standard InChI is InChI=1S/C27H38N2O4/c1-27(2,3)33-26(30)29-18-16-28(17-19-29)24-12-8-22(9-13-24)23-10-14-25(15-11-23)32-21-7-5-6-20-31-4/h8-15H,5-7,16-21H2,1-4H3. The molecule has 6 heteroatoms. The monoisotopic (exact) mass is 454 g/mol. The summed E-state index contributed by atoms with van der Waals surface area (Å²) < 4.78 is 16.4. The first-order chi connectivity index (χ1) is 15.9. The van der Waals surface area contributed by atoms with Gasteiger partial charge in [-0.1, -0.05) is 24.3 Å². The molecule has 1 saturated heterocycles. The average molecular weight is 455 g/mol. The van der Waals surface area contributed by atoms with Crippen LogP contribution in [0.15, 0.2) is 48.5 Å². The van der Waals surface area contributed by atoms with Gasteiger partial charge in [0, 0.05) is 45.6 Å². The number of ether oxygens (including phenoxy) is 3. The Morgan fingerprint density at radius 2 is 1.39 bits per heavy atom. The van der Waals surface area contributed by atoms with Crippen molar-refractivity contribution in [2.75, 3.05) is 51.4 Å². The molecule has 2 aromatic carbocycles.